The maximum absolute atomic E-state index is 9.68. The molecule has 1 saturated heterocycles. The third kappa shape index (κ3) is 4.97. The molecular weight excluding hydrogens is 250 g/mol. The van der Waals surface area contributed by atoms with Gasteiger partial charge in [-0.3, -0.25) is 4.99 Å². The number of likely N-dealkylation sites (tertiary alicyclic amines) is 1. The number of aliphatic imine (C=N–C) groups is 1. The van der Waals surface area contributed by atoms with Gasteiger partial charge in [0.2, 0.25) is 0 Å². The standard InChI is InChI=1S/C16H31N3O/c1-2-17-16(19-11-10-15(20)13-19)18-12-14-8-6-4-3-5-7-9-14/h14-15,20H,2-13H2,1H3,(H,17,18)/t15-/m1/s1. The molecule has 0 bridgehead atoms. The number of aliphatic hydroxyl groups is 1. The Labute approximate surface area is 123 Å². The van der Waals surface area contributed by atoms with Gasteiger partial charge in [0.25, 0.3) is 0 Å². The van der Waals surface area contributed by atoms with Crippen molar-refractivity contribution in [1.82, 2.24) is 10.2 Å². The van der Waals surface area contributed by atoms with Gasteiger partial charge in [-0.1, -0.05) is 32.1 Å². The molecule has 2 aliphatic rings. The molecule has 1 heterocycles. The number of nitrogens with one attached hydrogen (secondary N) is 1. The van der Waals surface area contributed by atoms with Gasteiger partial charge in [0, 0.05) is 26.2 Å². The number of rotatable bonds is 3. The topological polar surface area (TPSA) is 47.9 Å². The van der Waals surface area contributed by atoms with Crippen LogP contribution in [-0.2, 0) is 0 Å². The molecule has 1 aliphatic heterocycles. The average Bonchev–Trinajstić information content (AvgIpc) is 2.82. The van der Waals surface area contributed by atoms with Crippen molar-refractivity contribution >= 4 is 5.96 Å². The second-order valence-corrected chi connectivity index (χ2v) is 6.29. The number of hydrogen-bond donors (Lipinski definition) is 2. The van der Waals surface area contributed by atoms with Gasteiger partial charge < -0.3 is 15.3 Å². The quantitative estimate of drug-likeness (QED) is 0.617. The van der Waals surface area contributed by atoms with E-state index in [0.29, 0.717) is 0 Å². The normalized spacial score (nSPS) is 26.4. The molecule has 2 rings (SSSR count). The zero-order valence-electron chi connectivity index (χ0n) is 13.0. The summed E-state index contributed by atoms with van der Waals surface area (Å²) in [6.45, 7) is 5.62. The zero-order chi connectivity index (χ0) is 14.2. The molecule has 116 valence electrons. The van der Waals surface area contributed by atoms with Crippen molar-refractivity contribution in [2.75, 3.05) is 26.2 Å². The van der Waals surface area contributed by atoms with E-state index in [1.54, 1.807) is 0 Å². The molecule has 0 spiro atoms. The van der Waals surface area contributed by atoms with Crippen LogP contribution in [0.5, 0.6) is 0 Å². The van der Waals surface area contributed by atoms with Gasteiger partial charge in [0.1, 0.15) is 0 Å². The summed E-state index contributed by atoms with van der Waals surface area (Å²) < 4.78 is 0. The minimum Gasteiger partial charge on any atom is -0.391 e. The first-order valence-corrected chi connectivity index (χ1v) is 8.51. The Kier molecular flexibility index (Phi) is 6.64. The number of β-amino-alcohol motifs (C(OH)–C–C–N with tert-alkyl or cyclic N) is 1. The fourth-order valence-electron chi connectivity index (χ4n) is 3.30. The molecule has 1 saturated carbocycles. The second kappa shape index (κ2) is 8.50. The number of guanidine groups is 1. The first-order chi connectivity index (χ1) is 9.79. The first-order valence-electron chi connectivity index (χ1n) is 8.51. The molecule has 2 fully saturated rings. The monoisotopic (exact) mass is 281 g/mol. The van der Waals surface area contributed by atoms with Crippen LogP contribution < -0.4 is 5.32 Å². The second-order valence-electron chi connectivity index (χ2n) is 6.29. The summed E-state index contributed by atoms with van der Waals surface area (Å²) in [4.78, 5) is 7.05. The largest absolute Gasteiger partial charge is 0.391 e. The van der Waals surface area contributed by atoms with Crippen molar-refractivity contribution in [3.63, 3.8) is 0 Å². The van der Waals surface area contributed by atoms with Gasteiger partial charge in [0.05, 0.1) is 6.10 Å². The predicted molar refractivity (Wildman–Crippen MR) is 84.0 cm³/mol. The highest BCUT2D eigenvalue weighted by molar-refractivity contribution is 5.80. The van der Waals surface area contributed by atoms with E-state index >= 15 is 0 Å². The van der Waals surface area contributed by atoms with Crippen LogP contribution in [0.1, 0.15) is 58.3 Å². The van der Waals surface area contributed by atoms with Crippen molar-refractivity contribution in [1.29, 1.82) is 0 Å². The van der Waals surface area contributed by atoms with Crippen molar-refractivity contribution in [3.05, 3.63) is 0 Å². The Hall–Kier alpha value is -0.770. The Balaban J connectivity index is 1.86. The van der Waals surface area contributed by atoms with Crippen molar-refractivity contribution in [2.24, 2.45) is 10.9 Å². The number of nitrogens with zero attached hydrogens (tertiary/aromatic N) is 2. The molecule has 0 aromatic rings. The predicted octanol–water partition coefficient (Wildman–Crippen LogP) is 2.38. The minimum atomic E-state index is -0.180. The van der Waals surface area contributed by atoms with E-state index in [9.17, 15) is 5.11 Å². The molecule has 0 radical (unpaired) electrons. The van der Waals surface area contributed by atoms with Crippen LogP contribution in [0.2, 0.25) is 0 Å². The zero-order valence-corrected chi connectivity index (χ0v) is 13.0. The lowest BCUT2D eigenvalue weighted by atomic mass is 9.91. The molecule has 1 aliphatic carbocycles. The smallest absolute Gasteiger partial charge is 0.194 e. The molecule has 4 nitrogen and oxygen atoms in total. The molecule has 0 amide bonds. The summed E-state index contributed by atoms with van der Waals surface area (Å²) in [6.07, 6.45) is 10.3. The van der Waals surface area contributed by atoms with Crippen LogP contribution in [0.3, 0.4) is 0 Å². The van der Waals surface area contributed by atoms with Crippen LogP contribution in [0.25, 0.3) is 0 Å². The highest BCUT2D eigenvalue weighted by atomic mass is 16.3. The maximum atomic E-state index is 9.68. The SMILES string of the molecule is CCNC(=NCC1CCCCCCC1)N1CC[C@@H](O)C1. The minimum absolute atomic E-state index is 0.180. The van der Waals surface area contributed by atoms with Gasteiger partial charge in [-0.2, -0.15) is 0 Å². The number of hydrogen-bond acceptors (Lipinski definition) is 2. The Morgan fingerprint density at radius 2 is 1.85 bits per heavy atom. The fraction of sp³-hybridized carbons (Fsp3) is 0.938. The summed E-state index contributed by atoms with van der Waals surface area (Å²) in [7, 11) is 0. The average molecular weight is 281 g/mol. The van der Waals surface area contributed by atoms with Crippen LogP contribution >= 0.6 is 0 Å². The van der Waals surface area contributed by atoms with Gasteiger partial charge in [0.15, 0.2) is 5.96 Å². The molecule has 0 unspecified atom stereocenters. The lowest BCUT2D eigenvalue weighted by molar-refractivity contribution is 0.187. The van der Waals surface area contributed by atoms with E-state index < -0.39 is 0 Å². The lowest BCUT2D eigenvalue weighted by Gasteiger charge is -2.23. The summed E-state index contributed by atoms with van der Waals surface area (Å²) in [6, 6.07) is 0. The van der Waals surface area contributed by atoms with Crippen molar-refractivity contribution in [2.45, 2.75) is 64.4 Å². The third-order valence-electron chi connectivity index (χ3n) is 4.52. The van der Waals surface area contributed by atoms with Gasteiger partial charge in [-0.15, -0.1) is 0 Å². The molecule has 1 atom stereocenters. The maximum Gasteiger partial charge on any atom is 0.194 e. The molecular formula is C16H31N3O. The van der Waals surface area contributed by atoms with E-state index in [-0.39, 0.29) is 6.10 Å². The van der Waals surface area contributed by atoms with E-state index in [1.165, 1.54) is 44.9 Å². The van der Waals surface area contributed by atoms with Crippen molar-refractivity contribution < 1.29 is 5.11 Å². The third-order valence-corrected chi connectivity index (χ3v) is 4.52. The molecule has 0 aromatic heterocycles. The van der Waals surface area contributed by atoms with E-state index in [4.69, 9.17) is 4.99 Å². The Bertz CT molecular complexity index is 298. The molecule has 2 N–H and O–H groups in total. The fourth-order valence-corrected chi connectivity index (χ4v) is 3.30. The van der Waals surface area contributed by atoms with Crippen LogP contribution in [0.15, 0.2) is 4.99 Å². The van der Waals surface area contributed by atoms with E-state index in [1.807, 2.05) is 0 Å². The summed E-state index contributed by atoms with van der Waals surface area (Å²) in [5.74, 6) is 1.77. The first kappa shape index (κ1) is 15.6. The van der Waals surface area contributed by atoms with Gasteiger partial charge in [-0.25, -0.2) is 0 Å². The lowest BCUT2D eigenvalue weighted by Crippen LogP contribution is -2.40. The summed E-state index contributed by atoms with van der Waals surface area (Å²) in [5, 5.41) is 13.1. The summed E-state index contributed by atoms with van der Waals surface area (Å²) in [5.41, 5.74) is 0. The van der Waals surface area contributed by atoms with Gasteiger partial charge >= 0.3 is 0 Å². The van der Waals surface area contributed by atoms with E-state index in [2.05, 4.69) is 17.1 Å². The molecule has 4 heteroatoms. The van der Waals surface area contributed by atoms with E-state index in [0.717, 1.165) is 44.5 Å². The van der Waals surface area contributed by atoms with Crippen LogP contribution in [-0.4, -0.2) is 48.2 Å². The van der Waals surface area contributed by atoms with Crippen molar-refractivity contribution in [3.8, 4) is 0 Å². The highest BCUT2D eigenvalue weighted by Crippen LogP contribution is 2.22. The molecule has 0 aromatic carbocycles. The van der Waals surface area contributed by atoms with Crippen LogP contribution in [0.4, 0.5) is 0 Å². The van der Waals surface area contributed by atoms with Crippen LogP contribution in [0, 0.1) is 5.92 Å². The summed E-state index contributed by atoms with van der Waals surface area (Å²) >= 11 is 0. The van der Waals surface area contributed by atoms with Gasteiger partial charge in [-0.05, 0) is 32.1 Å². The molecule has 20 heavy (non-hydrogen) atoms. The number of aliphatic hydroxyl groups excluding tert-OH is 1. The Morgan fingerprint density at radius 3 is 2.45 bits per heavy atom. The Morgan fingerprint density at radius 1 is 1.15 bits per heavy atom. The highest BCUT2D eigenvalue weighted by Gasteiger charge is 2.23.